The van der Waals surface area contributed by atoms with Gasteiger partial charge in [-0.15, -0.1) is 0 Å². The number of hydrogen-bond donors (Lipinski definition) is 0. The predicted molar refractivity (Wildman–Crippen MR) is 225 cm³/mol. The van der Waals surface area contributed by atoms with Crippen molar-refractivity contribution in [2.24, 2.45) is 0 Å². The monoisotopic (exact) mass is 718 g/mol. The second kappa shape index (κ2) is 13.2. The normalized spacial score (nSPS) is 15.2. The first-order chi connectivity index (χ1) is 27.7. The van der Waals surface area contributed by atoms with Gasteiger partial charge in [-0.25, -0.2) is 15.0 Å². The molecule has 0 amide bonds. The summed E-state index contributed by atoms with van der Waals surface area (Å²) in [7, 11) is 0. The quantitative estimate of drug-likeness (QED) is 0.172. The third-order valence-electron chi connectivity index (χ3n) is 11.0. The SMILES string of the molecule is C1=CC2c3cc(-c4ccc(-c5nc(-c6ccccc6)nc(-c6cccc(-c7ccccc7)c6)n5)cc4)ccc3OC2c2c1n(-c1ccccc1)c1ccccc21. The van der Waals surface area contributed by atoms with Crippen LogP contribution in [0.15, 0.2) is 188 Å². The number of aromatic nitrogens is 4. The molecule has 5 nitrogen and oxygen atoms in total. The molecule has 264 valence electrons. The van der Waals surface area contributed by atoms with Crippen LogP contribution in [0.2, 0.25) is 0 Å². The molecule has 0 radical (unpaired) electrons. The smallest absolute Gasteiger partial charge is 0.164 e. The van der Waals surface area contributed by atoms with E-state index < -0.39 is 0 Å². The zero-order chi connectivity index (χ0) is 37.0. The molecule has 0 saturated heterocycles. The van der Waals surface area contributed by atoms with Crippen LogP contribution in [0.5, 0.6) is 5.75 Å². The first-order valence-corrected chi connectivity index (χ1v) is 19.0. The largest absolute Gasteiger partial charge is 0.484 e. The van der Waals surface area contributed by atoms with Gasteiger partial charge in [-0.3, -0.25) is 0 Å². The molecule has 0 saturated carbocycles. The number of ether oxygens (including phenoxy) is 1. The van der Waals surface area contributed by atoms with Crippen molar-refractivity contribution in [2.75, 3.05) is 0 Å². The fourth-order valence-corrected chi connectivity index (χ4v) is 8.34. The maximum atomic E-state index is 6.80. The van der Waals surface area contributed by atoms with Gasteiger partial charge in [0.1, 0.15) is 11.9 Å². The van der Waals surface area contributed by atoms with Gasteiger partial charge in [0.2, 0.25) is 0 Å². The van der Waals surface area contributed by atoms with Crippen molar-refractivity contribution in [1.82, 2.24) is 19.5 Å². The van der Waals surface area contributed by atoms with E-state index in [1.807, 2.05) is 36.4 Å². The summed E-state index contributed by atoms with van der Waals surface area (Å²) in [5, 5.41) is 1.23. The van der Waals surface area contributed by atoms with Gasteiger partial charge < -0.3 is 9.30 Å². The molecule has 0 spiro atoms. The fourth-order valence-electron chi connectivity index (χ4n) is 8.34. The van der Waals surface area contributed by atoms with E-state index in [4.69, 9.17) is 19.7 Å². The van der Waals surface area contributed by atoms with Gasteiger partial charge in [-0.2, -0.15) is 0 Å². The van der Waals surface area contributed by atoms with Crippen LogP contribution in [0.1, 0.15) is 28.8 Å². The molecule has 0 bridgehead atoms. The summed E-state index contributed by atoms with van der Waals surface area (Å²) in [5.74, 6) is 2.97. The standard InChI is InChI=1S/C51H34N4O/c1-4-13-33(14-5-1)37-17-12-18-39(31-37)51-53-49(35-15-6-2-7-16-35)52-50(54-51)36-25-23-34(24-26-36)38-27-30-46-43(32-38)41-28-29-45-47(48(41)56-46)42-21-10-11-22-44(42)55(45)40-19-8-3-9-20-40/h1-32,41,48H. The van der Waals surface area contributed by atoms with Gasteiger partial charge in [0.15, 0.2) is 17.5 Å². The van der Waals surface area contributed by atoms with Crippen molar-refractivity contribution in [2.45, 2.75) is 12.0 Å². The van der Waals surface area contributed by atoms with Crippen LogP contribution < -0.4 is 4.74 Å². The molecule has 2 atom stereocenters. The lowest BCUT2D eigenvalue weighted by molar-refractivity contribution is 0.224. The number of nitrogens with zero attached hydrogens (tertiary/aromatic N) is 4. The highest BCUT2D eigenvalue weighted by Crippen LogP contribution is 2.53. The maximum absolute atomic E-state index is 6.80. The van der Waals surface area contributed by atoms with Gasteiger partial charge in [0, 0.05) is 44.8 Å². The minimum absolute atomic E-state index is 0.0947. The maximum Gasteiger partial charge on any atom is 0.164 e. The molecule has 0 fully saturated rings. The van der Waals surface area contributed by atoms with Crippen molar-refractivity contribution >= 4 is 17.0 Å². The Balaban J connectivity index is 0.934. The zero-order valence-corrected chi connectivity index (χ0v) is 30.3. The summed E-state index contributed by atoms with van der Waals surface area (Å²) in [4.78, 5) is 15.0. The van der Waals surface area contributed by atoms with E-state index in [0.29, 0.717) is 17.5 Å². The number of rotatable bonds is 6. The lowest BCUT2D eigenvalue weighted by atomic mass is 9.85. The summed E-state index contributed by atoms with van der Waals surface area (Å²) in [6.07, 6.45) is 4.51. The lowest BCUT2D eigenvalue weighted by Gasteiger charge is -2.22. The van der Waals surface area contributed by atoms with Crippen molar-refractivity contribution in [1.29, 1.82) is 0 Å². The van der Waals surface area contributed by atoms with Crippen LogP contribution in [0.25, 0.3) is 79.1 Å². The Labute approximate surface area is 324 Å². The Morgan fingerprint density at radius 1 is 0.446 bits per heavy atom. The number of para-hydroxylation sites is 2. The molecular weight excluding hydrogens is 685 g/mol. The molecule has 1 aliphatic heterocycles. The summed E-state index contributed by atoms with van der Waals surface area (Å²) in [6.45, 7) is 0. The van der Waals surface area contributed by atoms with Crippen molar-refractivity contribution in [3.63, 3.8) is 0 Å². The van der Waals surface area contributed by atoms with Crippen LogP contribution >= 0.6 is 0 Å². The Morgan fingerprint density at radius 2 is 0.982 bits per heavy atom. The van der Waals surface area contributed by atoms with E-state index in [2.05, 4.69) is 162 Å². The van der Waals surface area contributed by atoms with Crippen molar-refractivity contribution < 1.29 is 4.74 Å². The molecule has 2 aromatic heterocycles. The minimum Gasteiger partial charge on any atom is -0.484 e. The van der Waals surface area contributed by atoms with E-state index in [-0.39, 0.29) is 12.0 Å². The fraction of sp³-hybridized carbons (Fsp3) is 0.0392. The summed E-state index contributed by atoms with van der Waals surface area (Å²) in [6, 6.07) is 63.3. The first-order valence-electron chi connectivity index (χ1n) is 19.0. The van der Waals surface area contributed by atoms with Gasteiger partial charge in [-0.05, 0) is 64.7 Å². The zero-order valence-electron chi connectivity index (χ0n) is 30.3. The minimum atomic E-state index is -0.0947. The highest BCUT2D eigenvalue weighted by Gasteiger charge is 2.40. The lowest BCUT2D eigenvalue weighted by Crippen LogP contribution is -2.13. The molecule has 11 rings (SSSR count). The van der Waals surface area contributed by atoms with E-state index in [9.17, 15) is 0 Å². The van der Waals surface area contributed by atoms with Gasteiger partial charge >= 0.3 is 0 Å². The summed E-state index contributed by atoms with van der Waals surface area (Å²) >= 11 is 0. The molecule has 7 aromatic carbocycles. The van der Waals surface area contributed by atoms with Crippen LogP contribution in [-0.4, -0.2) is 19.5 Å². The van der Waals surface area contributed by atoms with E-state index in [1.165, 1.54) is 27.7 Å². The number of benzene rings is 7. The number of fused-ring (bicyclic) bond motifs is 7. The van der Waals surface area contributed by atoms with Crippen LogP contribution in [0, 0.1) is 0 Å². The molecule has 2 aliphatic rings. The van der Waals surface area contributed by atoms with Crippen LogP contribution in [0.3, 0.4) is 0 Å². The molecular formula is C51H34N4O. The average molecular weight is 719 g/mol. The van der Waals surface area contributed by atoms with E-state index in [1.54, 1.807) is 0 Å². The van der Waals surface area contributed by atoms with Crippen LogP contribution in [0.4, 0.5) is 0 Å². The molecule has 1 aliphatic carbocycles. The summed E-state index contributed by atoms with van der Waals surface area (Å²) < 4.78 is 9.16. The van der Waals surface area contributed by atoms with Crippen molar-refractivity contribution in [3.8, 4) is 67.9 Å². The molecule has 3 heterocycles. The third-order valence-corrected chi connectivity index (χ3v) is 11.0. The highest BCUT2D eigenvalue weighted by molar-refractivity contribution is 5.92. The third kappa shape index (κ3) is 5.44. The Kier molecular flexibility index (Phi) is 7.56. The van der Waals surface area contributed by atoms with Gasteiger partial charge in [0.25, 0.3) is 0 Å². The van der Waals surface area contributed by atoms with E-state index in [0.717, 1.165) is 50.4 Å². The highest BCUT2D eigenvalue weighted by atomic mass is 16.5. The molecule has 5 heteroatoms. The molecule has 56 heavy (non-hydrogen) atoms. The summed E-state index contributed by atoms with van der Waals surface area (Å²) in [5.41, 5.74) is 13.3. The average Bonchev–Trinajstić information content (AvgIpc) is 3.83. The van der Waals surface area contributed by atoms with Gasteiger partial charge in [-0.1, -0.05) is 152 Å². The molecule has 2 unspecified atom stereocenters. The van der Waals surface area contributed by atoms with E-state index >= 15 is 0 Å². The molecule has 9 aromatic rings. The second-order valence-electron chi connectivity index (χ2n) is 14.4. The topological polar surface area (TPSA) is 52.8 Å². The number of hydrogen-bond acceptors (Lipinski definition) is 4. The Bertz CT molecular complexity index is 2940. The van der Waals surface area contributed by atoms with Gasteiger partial charge in [0.05, 0.1) is 11.2 Å². The second-order valence-corrected chi connectivity index (χ2v) is 14.4. The van der Waals surface area contributed by atoms with Crippen molar-refractivity contribution in [3.05, 3.63) is 205 Å². The Morgan fingerprint density at radius 3 is 1.73 bits per heavy atom. The van der Waals surface area contributed by atoms with Crippen LogP contribution in [-0.2, 0) is 0 Å². The molecule has 0 N–H and O–H groups in total. The first kappa shape index (κ1) is 32.1. The Hall–Kier alpha value is -7.37. The predicted octanol–water partition coefficient (Wildman–Crippen LogP) is 12.4.